The molecule has 0 unspecified atom stereocenters. The molecule has 10 nitrogen and oxygen atoms in total. The van der Waals surface area contributed by atoms with Crippen molar-refractivity contribution in [2.45, 2.75) is 25.9 Å². The molecule has 0 saturated heterocycles. The fourth-order valence-electron chi connectivity index (χ4n) is 3.60. The van der Waals surface area contributed by atoms with E-state index in [9.17, 15) is 14.7 Å². The van der Waals surface area contributed by atoms with Gasteiger partial charge in [-0.25, -0.2) is 9.78 Å². The number of hydrogen-bond donors (Lipinski definition) is 3. The molecule has 200 valence electrons. The molecule has 0 radical (unpaired) electrons. The molecular weight excluding hydrogens is 516 g/mol. The number of pyridine rings is 2. The maximum atomic E-state index is 13.3. The number of carbonyl (C=O) groups excluding carboxylic acids is 2. The standard InChI is InChI=1S/C28H28N6O4S/c1-28(2,37)6-9-31-14-19-11-23(21(12-22(19)29)18-10-20(15-32-13-18)27(36)38-3)33-25(35)24-16-39-26(34-24)17-4-7-30-8-5-17/h4-5,7-8,10-16,37H,6,9,29H2,1-3H3,(H,33,35). The zero-order valence-electron chi connectivity index (χ0n) is 21.7. The predicted molar refractivity (Wildman–Crippen MR) is 152 cm³/mol. The number of nitrogen functional groups attached to an aromatic ring is 1. The second kappa shape index (κ2) is 11.9. The summed E-state index contributed by atoms with van der Waals surface area (Å²) in [5, 5.41) is 15.2. The van der Waals surface area contributed by atoms with Crippen LogP contribution in [0.5, 0.6) is 0 Å². The second-order valence-corrected chi connectivity index (χ2v) is 10.2. The molecule has 39 heavy (non-hydrogen) atoms. The highest BCUT2D eigenvalue weighted by atomic mass is 32.1. The van der Waals surface area contributed by atoms with E-state index < -0.39 is 17.5 Å². The number of ether oxygens (including phenoxy) is 1. The minimum atomic E-state index is -0.841. The Morgan fingerprint density at radius 2 is 1.92 bits per heavy atom. The average Bonchev–Trinajstić information content (AvgIpc) is 3.43. The van der Waals surface area contributed by atoms with Crippen molar-refractivity contribution < 1.29 is 19.4 Å². The minimum absolute atomic E-state index is 0.247. The van der Waals surface area contributed by atoms with Crippen molar-refractivity contribution in [1.29, 1.82) is 0 Å². The molecule has 3 heterocycles. The molecule has 11 heteroatoms. The Kier molecular flexibility index (Phi) is 8.43. The number of aliphatic hydroxyl groups is 1. The molecule has 0 aliphatic rings. The summed E-state index contributed by atoms with van der Waals surface area (Å²) in [5.74, 6) is -0.954. The molecule has 4 aromatic rings. The predicted octanol–water partition coefficient (Wildman–Crippen LogP) is 4.47. The van der Waals surface area contributed by atoms with Gasteiger partial charge in [-0.3, -0.25) is 19.8 Å². The van der Waals surface area contributed by atoms with Crippen molar-refractivity contribution >= 4 is 40.8 Å². The van der Waals surface area contributed by atoms with E-state index in [1.54, 1.807) is 62.2 Å². The van der Waals surface area contributed by atoms with Crippen molar-refractivity contribution in [3.8, 4) is 21.7 Å². The molecule has 1 aromatic carbocycles. The third-order valence-corrected chi connectivity index (χ3v) is 6.58. The van der Waals surface area contributed by atoms with Crippen LogP contribution in [0, 0.1) is 0 Å². The maximum Gasteiger partial charge on any atom is 0.339 e. The molecule has 3 aromatic heterocycles. The highest BCUT2D eigenvalue weighted by Crippen LogP contribution is 2.33. The number of esters is 1. The number of nitrogens with one attached hydrogen (secondary N) is 1. The number of benzene rings is 1. The number of thiazole rings is 1. The van der Waals surface area contributed by atoms with Gasteiger partial charge in [0.2, 0.25) is 0 Å². The Labute approximate surface area is 229 Å². The first kappa shape index (κ1) is 27.6. The van der Waals surface area contributed by atoms with Crippen molar-refractivity contribution in [3.63, 3.8) is 0 Å². The highest BCUT2D eigenvalue weighted by Gasteiger charge is 2.18. The Hall–Kier alpha value is -4.48. The van der Waals surface area contributed by atoms with E-state index in [-0.39, 0.29) is 11.3 Å². The van der Waals surface area contributed by atoms with E-state index in [4.69, 9.17) is 10.5 Å². The fraction of sp³-hybridized carbons (Fsp3) is 0.214. The Morgan fingerprint density at radius 1 is 1.15 bits per heavy atom. The first-order valence-electron chi connectivity index (χ1n) is 12.0. The van der Waals surface area contributed by atoms with Gasteiger partial charge in [-0.2, -0.15) is 0 Å². The molecule has 0 spiro atoms. The van der Waals surface area contributed by atoms with Crippen LogP contribution in [0.4, 0.5) is 11.4 Å². The van der Waals surface area contributed by atoms with E-state index in [0.29, 0.717) is 46.0 Å². The normalized spacial score (nSPS) is 11.5. The molecule has 0 fully saturated rings. The summed E-state index contributed by atoms with van der Waals surface area (Å²) in [4.78, 5) is 42.4. The highest BCUT2D eigenvalue weighted by molar-refractivity contribution is 7.13. The number of aliphatic imine (C=N–C) groups is 1. The number of carbonyl (C=O) groups is 2. The van der Waals surface area contributed by atoms with Crippen molar-refractivity contribution in [2.24, 2.45) is 4.99 Å². The lowest BCUT2D eigenvalue weighted by Crippen LogP contribution is -2.19. The number of nitrogens with zero attached hydrogens (tertiary/aromatic N) is 4. The number of rotatable bonds is 9. The van der Waals surface area contributed by atoms with Gasteiger partial charge < -0.3 is 20.9 Å². The number of hydrogen-bond acceptors (Lipinski definition) is 10. The minimum Gasteiger partial charge on any atom is -0.465 e. The molecule has 1 amide bonds. The quantitative estimate of drug-likeness (QED) is 0.159. The summed E-state index contributed by atoms with van der Waals surface area (Å²) in [7, 11) is 1.29. The van der Waals surface area contributed by atoms with Gasteiger partial charge in [-0.05, 0) is 50.6 Å². The van der Waals surface area contributed by atoms with Gasteiger partial charge in [0.05, 0.1) is 18.3 Å². The molecular formula is C28H28N6O4S. The molecule has 0 aliphatic heterocycles. The van der Waals surface area contributed by atoms with E-state index in [1.807, 2.05) is 12.1 Å². The number of aromatic nitrogens is 3. The smallest absolute Gasteiger partial charge is 0.339 e. The lowest BCUT2D eigenvalue weighted by Gasteiger charge is -2.15. The third-order valence-electron chi connectivity index (χ3n) is 5.69. The number of anilines is 2. The van der Waals surface area contributed by atoms with E-state index in [2.05, 4.69) is 25.3 Å². The first-order valence-corrected chi connectivity index (χ1v) is 12.9. The van der Waals surface area contributed by atoms with Gasteiger partial charge in [0, 0.05) is 76.6 Å². The molecule has 0 atom stereocenters. The second-order valence-electron chi connectivity index (χ2n) is 9.31. The Balaban J connectivity index is 1.69. The zero-order valence-corrected chi connectivity index (χ0v) is 22.5. The molecule has 0 bridgehead atoms. The summed E-state index contributed by atoms with van der Waals surface area (Å²) < 4.78 is 4.82. The van der Waals surface area contributed by atoms with E-state index >= 15 is 0 Å². The van der Waals surface area contributed by atoms with Crippen LogP contribution >= 0.6 is 11.3 Å². The Morgan fingerprint density at radius 3 is 2.64 bits per heavy atom. The number of nitrogens with two attached hydrogens (primary N) is 1. The van der Waals surface area contributed by atoms with Gasteiger partial charge in [0.25, 0.3) is 5.91 Å². The van der Waals surface area contributed by atoms with Crippen molar-refractivity contribution in [2.75, 3.05) is 24.7 Å². The summed E-state index contributed by atoms with van der Waals surface area (Å²) in [5.41, 5.74) is 9.40. The van der Waals surface area contributed by atoms with Crippen molar-refractivity contribution in [1.82, 2.24) is 15.0 Å². The average molecular weight is 545 g/mol. The fourth-order valence-corrected chi connectivity index (χ4v) is 4.40. The van der Waals surface area contributed by atoms with Gasteiger partial charge in [-0.15, -0.1) is 11.3 Å². The van der Waals surface area contributed by atoms with Gasteiger partial charge >= 0.3 is 5.97 Å². The summed E-state index contributed by atoms with van der Waals surface area (Å²) in [6.45, 7) is 3.83. The van der Waals surface area contributed by atoms with Crippen molar-refractivity contribution in [3.05, 3.63) is 77.3 Å². The summed E-state index contributed by atoms with van der Waals surface area (Å²) in [6.07, 6.45) is 8.38. The first-order chi connectivity index (χ1) is 18.6. The monoisotopic (exact) mass is 544 g/mol. The molecule has 4 N–H and O–H groups in total. The van der Waals surface area contributed by atoms with Crippen LogP contribution in [0.25, 0.3) is 21.7 Å². The van der Waals surface area contributed by atoms with Crippen LogP contribution in [0.3, 0.4) is 0 Å². The number of methoxy groups -OCH3 is 1. The SMILES string of the molecule is COC(=O)c1cncc(-c2cc(N)c(C=NCCC(C)(C)O)cc2NC(=O)c2csc(-c3ccncc3)n2)c1. The van der Waals surface area contributed by atoms with Crippen LogP contribution < -0.4 is 11.1 Å². The Bertz CT molecular complexity index is 1510. The van der Waals surface area contributed by atoms with Crippen LogP contribution in [0.2, 0.25) is 0 Å². The van der Waals surface area contributed by atoms with Gasteiger partial charge in [-0.1, -0.05) is 0 Å². The molecule has 0 aliphatic carbocycles. The lowest BCUT2D eigenvalue weighted by atomic mass is 10.00. The molecule has 4 rings (SSSR count). The molecule has 0 saturated carbocycles. The summed E-state index contributed by atoms with van der Waals surface area (Å²) >= 11 is 1.35. The topological polar surface area (TPSA) is 153 Å². The lowest BCUT2D eigenvalue weighted by molar-refractivity contribution is 0.0599. The van der Waals surface area contributed by atoms with Crippen LogP contribution in [-0.2, 0) is 4.74 Å². The van der Waals surface area contributed by atoms with Crippen LogP contribution in [0.1, 0.15) is 46.7 Å². The third kappa shape index (κ3) is 7.09. The van der Waals surface area contributed by atoms with Gasteiger partial charge in [0.15, 0.2) is 0 Å². The number of amides is 1. The van der Waals surface area contributed by atoms with E-state index in [0.717, 1.165) is 5.56 Å². The zero-order chi connectivity index (χ0) is 28.0. The van der Waals surface area contributed by atoms with Crippen LogP contribution in [0.15, 0.2) is 65.5 Å². The van der Waals surface area contributed by atoms with E-state index in [1.165, 1.54) is 24.6 Å². The van der Waals surface area contributed by atoms with Gasteiger partial charge in [0.1, 0.15) is 10.7 Å². The largest absolute Gasteiger partial charge is 0.465 e. The summed E-state index contributed by atoms with van der Waals surface area (Å²) in [6, 6.07) is 8.66. The maximum absolute atomic E-state index is 13.3. The van der Waals surface area contributed by atoms with Crippen LogP contribution in [-0.4, -0.2) is 57.4 Å².